The number of piperidine rings is 1. The molecule has 5 nitrogen and oxygen atoms in total. The van der Waals surface area contributed by atoms with E-state index in [0.717, 1.165) is 32.4 Å². The number of halogens is 1. The Balaban J connectivity index is 0.00000200. The van der Waals surface area contributed by atoms with E-state index in [9.17, 15) is 9.59 Å². The summed E-state index contributed by atoms with van der Waals surface area (Å²) in [4.78, 5) is 23.8. The third kappa shape index (κ3) is 3.44. The second kappa shape index (κ2) is 5.90. The van der Waals surface area contributed by atoms with Crippen LogP contribution in [0.25, 0.3) is 0 Å². The van der Waals surface area contributed by atoms with Gasteiger partial charge in [-0.05, 0) is 43.2 Å². The lowest BCUT2D eigenvalue weighted by Crippen LogP contribution is -2.52. The van der Waals surface area contributed by atoms with Crippen LogP contribution in [-0.4, -0.2) is 30.9 Å². The fourth-order valence-electron chi connectivity index (χ4n) is 3.15. The summed E-state index contributed by atoms with van der Waals surface area (Å²) < 4.78 is 0. The number of hydrogen-bond donors (Lipinski definition) is 3. The normalized spacial score (nSPS) is 25.4. The second-order valence-electron chi connectivity index (χ2n) is 7.08. The highest BCUT2D eigenvalue weighted by Gasteiger charge is 2.58. The van der Waals surface area contributed by atoms with Crippen LogP contribution < -0.4 is 16.4 Å². The van der Waals surface area contributed by atoms with E-state index in [2.05, 4.69) is 10.6 Å². The maximum Gasteiger partial charge on any atom is 0.240 e. The van der Waals surface area contributed by atoms with Crippen LogP contribution in [0.3, 0.4) is 0 Å². The predicted molar refractivity (Wildman–Crippen MR) is 80.5 cm³/mol. The first-order valence-corrected chi connectivity index (χ1v) is 7.07. The van der Waals surface area contributed by atoms with E-state index in [0.29, 0.717) is 0 Å². The number of carbonyl (C=O) groups excluding carboxylic acids is 2. The molecule has 1 aliphatic carbocycles. The van der Waals surface area contributed by atoms with Crippen LogP contribution in [-0.2, 0) is 9.59 Å². The van der Waals surface area contributed by atoms with Gasteiger partial charge in [-0.2, -0.15) is 0 Å². The molecule has 6 heteroatoms. The first-order valence-electron chi connectivity index (χ1n) is 7.07. The number of hydrogen-bond acceptors (Lipinski definition) is 3. The highest BCUT2D eigenvalue weighted by atomic mass is 35.5. The molecule has 2 rings (SSSR count). The van der Waals surface area contributed by atoms with Crippen LogP contribution in [0.5, 0.6) is 0 Å². The molecule has 1 saturated carbocycles. The van der Waals surface area contributed by atoms with E-state index in [4.69, 9.17) is 5.73 Å². The molecule has 1 spiro atoms. The maximum absolute atomic E-state index is 12.3. The lowest BCUT2D eigenvalue weighted by molar-refractivity contribution is -0.131. The molecule has 0 aromatic carbocycles. The minimum Gasteiger partial charge on any atom is -0.368 e. The minimum atomic E-state index is -0.598. The van der Waals surface area contributed by atoms with Crippen LogP contribution in [0.4, 0.5) is 0 Å². The van der Waals surface area contributed by atoms with Gasteiger partial charge < -0.3 is 16.4 Å². The molecule has 1 saturated heterocycles. The van der Waals surface area contributed by atoms with Crippen molar-refractivity contribution in [3.8, 4) is 0 Å². The molecule has 20 heavy (non-hydrogen) atoms. The summed E-state index contributed by atoms with van der Waals surface area (Å²) >= 11 is 0. The van der Waals surface area contributed by atoms with Gasteiger partial charge in [-0.1, -0.05) is 20.8 Å². The first-order chi connectivity index (χ1) is 8.76. The maximum atomic E-state index is 12.3. The van der Waals surface area contributed by atoms with E-state index in [-0.39, 0.29) is 35.1 Å². The standard InChI is InChI=1S/C14H25N3O2.ClH/c1-13(2,3)10(11(15)18)17-12(19)9-8-14(9)4-6-16-7-5-14;/h9-10,16H,4-8H2,1-3H3,(H2,15,18)(H,17,19);1H. The molecular formula is C14H26ClN3O2. The molecule has 0 aromatic rings. The van der Waals surface area contributed by atoms with E-state index < -0.39 is 11.9 Å². The number of rotatable bonds is 3. The summed E-state index contributed by atoms with van der Waals surface area (Å²) in [6.45, 7) is 7.71. The summed E-state index contributed by atoms with van der Waals surface area (Å²) in [6.07, 6.45) is 3.07. The van der Waals surface area contributed by atoms with Crippen molar-refractivity contribution in [1.82, 2.24) is 10.6 Å². The molecule has 1 heterocycles. The SMILES string of the molecule is CC(C)(C)C(NC(=O)C1CC12CCNCC2)C(N)=O.Cl. The fraction of sp³-hybridized carbons (Fsp3) is 0.857. The summed E-state index contributed by atoms with van der Waals surface area (Å²) in [7, 11) is 0. The van der Waals surface area contributed by atoms with Gasteiger partial charge in [0.1, 0.15) is 6.04 Å². The van der Waals surface area contributed by atoms with Gasteiger partial charge in [0.05, 0.1) is 0 Å². The zero-order valence-corrected chi connectivity index (χ0v) is 13.3. The number of nitrogens with two attached hydrogens (primary N) is 1. The molecule has 0 radical (unpaired) electrons. The van der Waals surface area contributed by atoms with Crippen LogP contribution in [0.1, 0.15) is 40.0 Å². The van der Waals surface area contributed by atoms with Gasteiger partial charge in [0.25, 0.3) is 0 Å². The van der Waals surface area contributed by atoms with Gasteiger partial charge in [0, 0.05) is 5.92 Å². The zero-order chi connectivity index (χ0) is 14.3. The number of carbonyl (C=O) groups is 2. The molecule has 116 valence electrons. The molecular weight excluding hydrogens is 278 g/mol. The Morgan fingerprint density at radius 2 is 1.85 bits per heavy atom. The summed E-state index contributed by atoms with van der Waals surface area (Å²) in [5.74, 6) is -0.389. The molecule has 1 aliphatic heterocycles. The first kappa shape index (κ1) is 17.2. The number of amides is 2. The molecule has 4 N–H and O–H groups in total. The molecule has 2 fully saturated rings. The minimum absolute atomic E-state index is 0. The molecule has 0 bridgehead atoms. The van der Waals surface area contributed by atoms with Crippen molar-refractivity contribution >= 4 is 24.2 Å². The molecule has 0 aromatic heterocycles. The molecule has 2 amide bonds. The Morgan fingerprint density at radius 3 is 2.30 bits per heavy atom. The van der Waals surface area contributed by atoms with Gasteiger partial charge in [-0.25, -0.2) is 0 Å². The average molecular weight is 304 g/mol. The largest absolute Gasteiger partial charge is 0.368 e. The lowest BCUT2D eigenvalue weighted by Gasteiger charge is -2.29. The monoisotopic (exact) mass is 303 g/mol. The Labute approximate surface area is 126 Å². The molecule has 2 unspecified atom stereocenters. The fourth-order valence-corrected chi connectivity index (χ4v) is 3.15. The van der Waals surface area contributed by atoms with Crippen molar-refractivity contribution in [2.24, 2.45) is 22.5 Å². The van der Waals surface area contributed by atoms with E-state index in [1.807, 2.05) is 20.8 Å². The van der Waals surface area contributed by atoms with Crippen LogP contribution in [0, 0.1) is 16.7 Å². The van der Waals surface area contributed by atoms with Crippen molar-refractivity contribution in [1.29, 1.82) is 0 Å². The van der Waals surface area contributed by atoms with E-state index in [1.54, 1.807) is 0 Å². The predicted octanol–water partition coefficient (Wildman–Crippen LogP) is 0.814. The Morgan fingerprint density at radius 1 is 1.30 bits per heavy atom. The van der Waals surface area contributed by atoms with Crippen molar-refractivity contribution in [3.05, 3.63) is 0 Å². The van der Waals surface area contributed by atoms with Crippen molar-refractivity contribution < 1.29 is 9.59 Å². The molecule has 2 atom stereocenters. The Bertz CT molecular complexity index is 386. The van der Waals surface area contributed by atoms with Crippen molar-refractivity contribution in [2.75, 3.05) is 13.1 Å². The van der Waals surface area contributed by atoms with Gasteiger partial charge >= 0.3 is 0 Å². The van der Waals surface area contributed by atoms with E-state index in [1.165, 1.54) is 0 Å². The third-order valence-corrected chi connectivity index (χ3v) is 4.54. The number of primary amides is 1. The van der Waals surface area contributed by atoms with Gasteiger partial charge in [-0.3, -0.25) is 9.59 Å². The van der Waals surface area contributed by atoms with Crippen molar-refractivity contribution in [2.45, 2.75) is 46.1 Å². The van der Waals surface area contributed by atoms with Crippen molar-refractivity contribution in [3.63, 3.8) is 0 Å². The number of nitrogens with one attached hydrogen (secondary N) is 2. The Kier molecular flexibility index (Phi) is 5.08. The topological polar surface area (TPSA) is 84.2 Å². The average Bonchev–Trinajstić information content (AvgIpc) is 2.98. The summed E-state index contributed by atoms with van der Waals surface area (Å²) in [6, 6.07) is -0.598. The van der Waals surface area contributed by atoms with Gasteiger partial charge in [-0.15, -0.1) is 12.4 Å². The van der Waals surface area contributed by atoms with Crippen LogP contribution in [0.2, 0.25) is 0 Å². The highest BCUT2D eigenvalue weighted by molar-refractivity contribution is 5.89. The van der Waals surface area contributed by atoms with Crippen LogP contribution >= 0.6 is 12.4 Å². The lowest BCUT2D eigenvalue weighted by atomic mass is 9.85. The summed E-state index contributed by atoms with van der Waals surface area (Å²) in [5, 5.41) is 6.17. The highest BCUT2D eigenvalue weighted by Crippen LogP contribution is 2.58. The van der Waals surface area contributed by atoms with Gasteiger partial charge in [0.2, 0.25) is 11.8 Å². The van der Waals surface area contributed by atoms with E-state index >= 15 is 0 Å². The zero-order valence-electron chi connectivity index (χ0n) is 12.5. The van der Waals surface area contributed by atoms with Crippen LogP contribution in [0.15, 0.2) is 0 Å². The smallest absolute Gasteiger partial charge is 0.240 e. The quantitative estimate of drug-likeness (QED) is 0.721. The summed E-state index contributed by atoms with van der Waals surface area (Å²) in [5.41, 5.74) is 5.24. The second-order valence-corrected chi connectivity index (χ2v) is 7.08. The molecule has 2 aliphatic rings. The van der Waals surface area contributed by atoms with Gasteiger partial charge in [0.15, 0.2) is 0 Å². The Hall–Kier alpha value is -0.810. The third-order valence-electron chi connectivity index (χ3n) is 4.54.